The van der Waals surface area contributed by atoms with Gasteiger partial charge in [-0.25, -0.2) is 4.79 Å². The lowest BCUT2D eigenvalue weighted by molar-refractivity contribution is -0.135. The Balaban J connectivity index is 1.28. The first kappa shape index (κ1) is 23.6. The number of benzene rings is 3. The van der Waals surface area contributed by atoms with E-state index in [1.807, 2.05) is 24.3 Å². The van der Waals surface area contributed by atoms with Crippen molar-refractivity contribution < 1.29 is 24.2 Å². The van der Waals surface area contributed by atoms with Crippen LogP contribution in [-0.4, -0.2) is 42.8 Å². The van der Waals surface area contributed by atoms with Gasteiger partial charge in [-0.05, 0) is 34.4 Å². The van der Waals surface area contributed by atoms with Crippen LogP contribution in [0.4, 0.5) is 4.79 Å². The molecule has 0 aromatic heterocycles. The molecule has 7 heteroatoms. The number of carbonyl (C=O) groups excluding carboxylic acids is 2. The van der Waals surface area contributed by atoms with Crippen molar-refractivity contribution in [2.75, 3.05) is 19.7 Å². The van der Waals surface area contributed by atoms with Crippen LogP contribution in [-0.2, 0) is 9.53 Å². The number of ether oxygens (including phenoxy) is 1. The summed E-state index contributed by atoms with van der Waals surface area (Å²) in [6.07, 6.45) is -0.156. The topological polar surface area (TPSA) is 105 Å². The number of aliphatic carboxylic acids is 1. The minimum absolute atomic E-state index is 0.00304. The Kier molecular flexibility index (Phi) is 7.44. The highest BCUT2D eigenvalue weighted by Gasteiger charge is 2.28. The molecular formula is C28H24N2O5. The fourth-order valence-corrected chi connectivity index (χ4v) is 4.08. The number of hydrogen-bond donors (Lipinski definition) is 3. The highest BCUT2D eigenvalue weighted by molar-refractivity contribution is 5.98. The lowest BCUT2D eigenvalue weighted by Gasteiger charge is -2.14. The molecule has 0 atom stereocenters. The number of rotatable bonds is 7. The minimum atomic E-state index is -1.12. The maximum absolute atomic E-state index is 12.2. The molecule has 3 aromatic rings. The molecular weight excluding hydrogens is 444 g/mol. The number of carboxylic acids is 1. The summed E-state index contributed by atoms with van der Waals surface area (Å²) in [5.74, 6) is 4.20. The van der Waals surface area contributed by atoms with Crippen LogP contribution in [0.5, 0.6) is 0 Å². The maximum atomic E-state index is 12.2. The SMILES string of the molecule is O=C(O)CNC(=O)c1ccccc1C#CCCNC(=O)OCC1c2ccccc2-c2ccccc21. The van der Waals surface area contributed by atoms with Crippen molar-refractivity contribution in [3.8, 4) is 23.0 Å². The highest BCUT2D eigenvalue weighted by Crippen LogP contribution is 2.44. The normalized spacial score (nSPS) is 11.4. The van der Waals surface area contributed by atoms with Crippen LogP contribution in [0, 0.1) is 11.8 Å². The van der Waals surface area contributed by atoms with Crippen LogP contribution < -0.4 is 10.6 Å². The van der Waals surface area contributed by atoms with Crippen molar-refractivity contribution in [1.82, 2.24) is 10.6 Å². The predicted octanol–water partition coefficient (Wildman–Crippen LogP) is 3.78. The zero-order valence-electron chi connectivity index (χ0n) is 18.9. The summed E-state index contributed by atoms with van der Waals surface area (Å²) < 4.78 is 5.50. The van der Waals surface area contributed by atoms with Gasteiger partial charge in [-0.2, -0.15) is 0 Å². The van der Waals surface area contributed by atoms with E-state index in [1.54, 1.807) is 24.3 Å². The van der Waals surface area contributed by atoms with Gasteiger partial charge in [0.05, 0.1) is 5.56 Å². The molecule has 1 aliphatic carbocycles. The molecule has 4 rings (SSSR count). The molecule has 7 nitrogen and oxygen atoms in total. The van der Waals surface area contributed by atoms with E-state index < -0.39 is 24.5 Å². The van der Waals surface area contributed by atoms with Crippen molar-refractivity contribution in [2.45, 2.75) is 12.3 Å². The van der Waals surface area contributed by atoms with Gasteiger partial charge >= 0.3 is 12.1 Å². The van der Waals surface area contributed by atoms with Gasteiger partial charge in [-0.15, -0.1) is 0 Å². The summed E-state index contributed by atoms with van der Waals surface area (Å²) in [5.41, 5.74) is 5.42. The van der Waals surface area contributed by atoms with Gasteiger partial charge in [-0.1, -0.05) is 72.5 Å². The number of nitrogens with one attached hydrogen (secondary N) is 2. The molecule has 0 saturated heterocycles. The molecule has 0 fully saturated rings. The molecule has 0 unspecified atom stereocenters. The van der Waals surface area contributed by atoms with Gasteiger partial charge in [0.1, 0.15) is 13.2 Å². The zero-order valence-corrected chi connectivity index (χ0v) is 18.9. The number of carboxylic acid groups (broad SMARTS) is 1. The standard InChI is InChI=1S/C28H24N2O5/c31-26(32)17-30-27(33)20-11-2-1-9-19(20)10-7-8-16-29-28(34)35-18-25-23-14-5-3-12-21(23)22-13-4-6-15-24(22)25/h1-6,9,11-15,25H,8,16-18H2,(H,29,34)(H,30,33)(H,31,32). The second-order valence-electron chi connectivity index (χ2n) is 7.93. The Morgan fingerprint density at radius 1 is 0.857 bits per heavy atom. The molecule has 35 heavy (non-hydrogen) atoms. The molecule has 0 aliphatic heterocycles. The summed E-state index contributed by atoms with van der Waals surface area (Å²) in [5, 5.41) is 13.8. The number of hydrogen-bond acceptors (Lipinski definition) is 4. The van der Waals surface area contributed by atoms with Crippen LogP contribution in [0.2, 0.25) is 0 Å². The Bertz CT molecular complexity index is 1280. The maximum Gasteiger partial charge on any atom is 0.407 e. The van der Waals surface area contributed by atoms with Crippen molar-refractivity contribution in [2.24, 2.45) is 0 Å². The largest absolute Gasteiger partial charge is 0.480 e. The summed E-state index contributed by atoms with van der Waals surface area (Å²) in [7, 11) is 0. The first-order valence-electron chi connectivity index (χ1n) is 11.2. The third-order valence-corrected chi connectivity index (χ3v) is 5.66. The first-order chi connectivity index (χ1) is 17.0. The summed E-state index contributed by atoms with van der Waals surface area (Å²) in [6, 6.07) is 23.0. The van der Waals surface area contributed by atoms with Crippen molar-refractivity contribution >= 4 is 18.0 Å². The van der Waals surface area contributed by atoms with E-state index in [0.717, 1.165) is 11.1 Å². The van der Waals surface area contributed by atoms with E-state index in [1.165, 1.54) is 11.1 Å². The monoisotopic (exact) mass is 468 g/mol. The molecule has 176 valence electrons. The number of alkyl carbamates (subject to hydrolysis) is 1. The molecule has 0 bridgehead atoms. The molecule has 0 spiro atoms. The Morgan fingerprint density at radius 2 is 1.49 bits per heavy atom. The predicted molar refractivity (Wildman–Crippen MR) is 131 cm³/mol. The van der Waals surface area contributed by atoms with Crippen molar-refractivity contribution in [1.29, 1.82) is 0 Å². The Labute approximate surface area is 203 Å². The first-order valence-corrected chi connectivity index (χ1v) is 11.2. The van der Waals surface area contributed by atoms with Crippen LogP contribution in [0.25, 0.3) is 11.1 Å². The quantitative estimate of drug-likeness (QED) is 0.362. The molecule has 2 amide bonds. The van der Waals surface area contributed by atoms with Gasteiger partial charge in [0, 0.05) is 24.4 Å². The minimum Gasteiger partial charge on any atom is -0.480 e. The van der Waals surface area contributed by atoms with Crippen LogP contribution in [0.1, 0.15) is 39.4 Å². The fourth-order valence-electron chi connectivity index (χ4n) is 4.08. The fraction of sp³-hybridized carbons (Fsp3) is 0.179. The third kappa shape index (κ3) is 5.68. The van der Waals surface area contributed by atoms with Gasteiger partial charge in [0.15, 0.2) is 0 Å². The molecule has 0 heterocycles. The number of carbonyl (C=O) groups is 3. The smallest absolute Gasteiger partial charge is 0.407 e. The van der Waals surface area contributed by atoms with E-state index >= 15 is 0 Å². The van der Waals surface area contributed by atoms with Crippen molar-refractivity contribution in [3.05, 3.63) is 95.1 Å². The average molecular weight is 469 g/mol. The second-order valence-corrected chi connectivity index (χ2v) is 7.93. The van der Waals surface area contributed by atoms with Gasteiger partial charge in [0.2, 0.25) is 0 Å². The van der Waals surface area contributed by atoms with E-state index in [0.29, 0.717) is 17.5 Å². The lowest BCUT2D eigenvalue weighted by atomic mass is 9.98. The summed E-state index contributed by atoms with van der Waals surface area (Å²) in [4.78, 5) is 35.1. The average Bonchev–Trinajstić information content (AvgIpc) is 3.19. The molecule has 1 aliphatic rings. The Hall–Kier alpha value is -4.57. The summed E-state index contributed by atoms with van der Waals surface area (Å²) >= 11 is 0. The third-order valence-electron chi connectivity index (χ3n) is 5.66. The van der Waals surface area contributed by atoms with Crippen LogP contribution in [0.15, 0.2) is 72.8 Å². The van der Waals surface area contributed by atoms with Gasteiger partial charge < -0.3 is 20.5 Å². The van der Waals surface area contributed by atoms with Crippen LogP contribution in [0.3, 0.4) is 0 Å². The number of amides is 2. The molecule has 0 saturated carbocycles. The Morgan fingerprint density at radius 3 is 2.17 bits per heavy atom. The van der Waals surface area contributed by atoms with Gasteiger partial charge in [0.25, 0.3) is 5.91 Å². The molecule has 0 radical (unpaired) electrons. The molecule has 3 N–H and O–H groups in total. The van der Waals surface area contributed by atoms with E-state index in [4.69, 9.17) is 9.84 Å². The second kappa shape index (κ2) is 11.0. The lowest BCUT2D eigenvalue weighted by Crippen LogP contribution is -2.29. The molecule has 3 aromatic carbocycles. The van der Waals surface area contributed by atoms with Crippen LogP contribution >= 0.6 is 0 Å². The van der Waals surface area contributed by atoms with Crippen molar-refractivity contribution in [3.63, 3.8) is 0 Å². The zero-order chi connectivity index (χ0) is 24.6. The summed E-state index contributed by atoms with van der Waals surface area (Å²) in [6.45, 7) is 0.0616. The van der Waals surface area contributed by atoms with E-state index in [9.17, 15) is 14.4 Å². The highest BCUT2D eigenvalue weighted by atomic mass is 16.5. The van der Waals surface area contributed by atoms with E-state index in [2.05, 4.69) is 46.7 Å². The van der Waals surface area contributed by atoms with E-state index in [-0.39, 0.29) is 19.1 Å². The van der Waals surface area contributed by atoms with Gasteiger partial charge in [-0.3, -0.25) is 9.59 Å². The number of fused-ring (bicyclic) bond motifs is 3.